The summed E-state index contributed by atoms with van der Waals surface area (Å²) in [6.07, 6.45) is 7.23. The number of nitrogens with zero attached hydrogens (tertiary/aromatic N) is 4. The number of methoxy groups -OCH3 is 1. The lowest BCUT2D eigenvalue weighted by atomic mass is 9.94. The van der Waals surface area contributed by atoms with Gasteiger partial charge in [-0.2, -0.15) is 9.97 Å². The topological polar surface area (TPSA) is 97.3 Å². The van der Waals surface area contributed by atoms with Gasteiger partial charge >= 0.3 is 0 Å². The fraction of sp³-hybridized carbons (Fsp3) is 0.792. The first-order valence-electron chi connectivity index (χ1n) is 12.3. The lowest BCUT2D eigenvalue weighted by Crippen LogP contribution is -2.18. The lowest BCUT2D eigenvalue weighted by Gasteiger charge is -2.17. The van der Waals surface area contributed by atoms with E-state index in [2.05, 4.69) is 42.6 Å². The average molecular weight is 478 g/mol. The van der Waals surface area contributed by atoms with Crippen LogP contribution in [0.5, 0.6) is 0 Å². The van der Waals surface area contributed by atoms with Crippen LogP contribution in [-0.4, -0.2) is 45.1 Å². The number of rotatable bonds is 2. The number of anilines is 1. The molecule has 2 aromatic rings. The lowest BCUT2D eigenvalue weighted by molar-refractivity contribution is -0.123. The number of nitrogen functional groups attached to an aromatic ring is 1. The number of hydrogen-bond acceptors (Lipinski definition) is 7. The summed E-state index contributed by atoms with van der Waals surface area (Å²) in [5.41, 5.74) is 6.93. The molecule has 0 amide bonds. The minimum atomic E-state index is -0.0411. The van der Waals surface area contributed by atoms with Crippen molar-refractivity contribution in [3.63, 3.8) is 0 Å². The summed E-state index contributed by atoms with van der Waals surface area (Å²) in [7, 11) is 1.74. The van der Waals surface area contributed by atoms with Gasteiger partial charge in [0.1, 0.15) is 11.7 Å². The molecule has 182 valence electrons. The second kappa shape index (κ2) is 8.95. The maximum absolute atomic E-state index is 6.28. The van der Waals surface area contributed by atoms with E-state index in [9.17, 15) is 0 Å². The molecular formula is C24H36ClN5O3. The van der Waals surface area contributed by atoms with E-state index in [1.165, 1.54) is 12.8 Å². The second-order valence-corrected chi connectivity index (χ2v) is 11.1. The van der Waals surface area contributed by atoms with Crippen molar-refractivity contribution < 1.29 is 14.2 Å². The van der Waals surface area contributed by atoms with Crippen LogP contribution in [0.25, 0.3) is 11.2 Å². The van der Waals surface area contributed by atoms with Crippen LogP contribution in [0.4, 0.5) is 5.95 Å². The molecule has 33 heavy (non-hydrogen) atoms. The first-order chi connectivity index (χ1) is 15.8. The van der Waals surface area contributed by atoms with E-state index in [0.717, 1.165) is 30.6 Å². The Morgan fingerprint density at radius 1 is 0.939 bits per heavy atom. The van der Waals surface area contributed by atoms with E-state index >= 15 is 0 Å². The Kier molecular flexibility index (Phi) is 6.31. The molecule has 0 aromatic carbocycles. The molecule has 9 heteroatoms. The minimum Gasteiger partial charge on any atom is -0.368 e. The van der Waals surface area contributed by atoms with Crippen molar-refractivity contribution in [1.82, 2.24) is 19.5 Å². The number of aromatic nitrogens is 4. The van der Waals surface area contributed by atoms with Crippen molar-refractivity contribution in [3.8, 4) is 0 Å². The summed E-state index contributed by atoms with van der Waals surface area (Å²) in [4.78, 5) is 12.5. The predicted octanol–water partition coefficient (Wildman–Crippen LogP) is 4.68. The van der Waals surface area contributed by atoms with Gasteiger partial charge in [-0.05, 0) is 54.8 Å². The highest BCUT2D eigenvalue weighted by Crippen LogP contribution is 2.49. The maximum Gasteiger partial charge on any atom is 0.223 e. The van der Waals surface area contributed by atoms with Crippen molar-refractivity contribution in [2.24, 2.45) is 35.5 Å². The van der Waals surface area contributed by atoms with Gasteiger partial charge in [0.2, 0.25) is 5.95 Å². The number of fused-ring (bicyclic) bond motifs is 3. The Labute approximate surface area is 200 Å². The number of nitrogens with two attached hydrogens (primary N) is 1. The molecule has 2 saturated carbocycles. The molecule has 0 radical (unpaired) electrons. The van der Waals surface area contributed by atoms with Crippen LogP contribution < -0.4 is 5.73 Å². The molecule has 0 bridgehead atoms. The molecule has 6 rings (SSSR count). The third-order valence-corrected chi connectivity index (χ3v) is 8.71. The summed E-state index contributed by atoms with van der Waals surface area (Å²) in [5, 5.41) is 0.288. The zero-order chi connectivity index (χ0) is 23.4. The summed E-state index contributed by atoms with van der Waals surface area (Å²) >= 11 is 6.08. The molecule has 2 saturated heterocycles. The van der Waals surface area contributed by atoms with Crippen LogP contribution in [0.3, 0.4) is 0 Å². The Balaban J connectivity index is 0.000000162. The molecule has 4 aliphatic rings. The van der Waals surface area contributed by atoms with E-state index in [-0.39, 0.29) is 23.6 Å². The molecule has 2 aromatic heterocycles. The van der Waals surface area contributed by atoms with Gasteiger partial charge in [0.15, 0.2) is 17.1 Å². The molecule has 10 atom stereocenters. The molecule has 4 fully saturated rings. The minimum absolute atomic E-state index is 0.0411. The van der Waals surface area contributed by atoms with Gasteiger partial charge in [-0.3, -0.25) is 4.57 Å². The summed E-state index contributed by atoms with van der Waals surface area (Å²) in [6.45, 7) is 9.21. The van der Waals surface area contributed by atoms with Gasteiger partial charge in [0.25, 0.3) is 0 Å². The smallest absolute Gasteiger partial charge is 0.223 e. The van der Waals surface area contributed by atoms with Gasteiger partial charge in [-0.25, -0.2) is 4.98 Å². The average Bonchev–Trinajstić information content (AvgIpc) is 3.54. The predicted molar refractivity (Wildman–Crippen MR) is 126 cm³/mol. The SMILES string of the molecule is COC1C[C@@H]2[C@H](O1)[C@H](C)C[C@H]2C.C[C@@H]1C[C@@H](C)[C@H]2OC(n3cnc4c(Cl)nc(N)nc43)C[C@H]21. The van der Waals surface area contributed by atoms with Crippen molar-refractivity contribution in [2.75, 3.05) is 12.8 Å². The van der Waals surface area contributed by atoms with Gasteiger partial charge < -0.3 is 19.9 Å². The standard InChI is InChI=1S/C14H18ClN5O.C10H18O2/c1-6-3-7(2)11-8(6)4-9(21-11)20-5-17-10-12(15)18-14(16)19-13(10)20;1-6-4-7(2)10-8(6)5-9(11-3)12-10/h5-9,11H,3-4H2,1-2H3,(H2,16,18,19);6-10H,4-5H2,1-3H3/t6-,7-,8+,9?,11-;6-,7-,8+,9?,10-/m11/s1. The number of halogens is 1. The quantitative estimate of drug-likeness (QED) is 0.627. The first kappa shape index (κ1) is 23.3. The molecule has 2 aliphatic heterocycles. The highest BCUT2D eigenvalue weighted by molar-refractivity contribution is 6.33. The molecule has 2 unspecified atom stereocenters. The molecule has 8 nitrogen and oxygen atoms in total. The third kappa shape index (κ3) is 4.13. The fourth-order valence-corrected chi connectivity index (χ4v) is 7.07. The highest BCUT2D eigenvalue weighted by Gasteiger charge is 2.48. The van der Waals surface area contributed by atoms with Gasteiger partial charge in [-0.1, -0.05) is 39.3 Å². The first-order valence-corrected chi connectivity index (χ1v) is 12.6. The van der Waals surface area contributed by atoms with Crippen molar-refractivity contribution >= 4 is 28.7 Å². The maximum atomic E-state index is 6.28. The van der Waals surface area contributed by atoms with Crippen LogP contribution in [0, 0.1) is 35.5 Å². The Morgan fingerprint density at radius 3 is 2.18 bits per heavy atom. The van der Waals surface area contributed by atoms with Crippen LogP contribution in [0.2, 0.25) is 5.15 Å². The molecule has 4 heterocycles. The zero-order valence-electron chi connectivity index (χ0n) is 20.1. The van der Waals surface area contributed by atoms with E-state index in [4.69, 9.17) is 31.5 Å². The third-order valence-electron chi connectivity index (χ3n) is 8.45. The van der Waals surface area contributed by atoms with E-state index in [0.29, 0.717) is 41.1 Å². The molecular weight excluding hydrogens is 442 g/mol. The largest absolute Gasteiger partial charge is 0.368 e. The molecule has 0 spiro atoms. The molecule has 2 aliphatic carbocycles. The second-order valence-electron chi connectivity index (χ2n) is 10.7. The normalized spacial score (nSPS) is 41.8. The Morgan fingerprint density at radius 2 is 1.58 bits per heavy atom. The van der Waals surface area contributed by atoms with Gasteiger partial charge in [0.05, 0.1) is 18.5 Å². The van der Waals surface area contributed by atoms with Crippen LogP contribution in [-0.2, 0) is 14.2 Å². The van der Waals surface area contributed by atoms with Crippen LogP contribution in [0.15, 0.2) is 6.33 Å². The fourth-order valence-electron chi connectivity index (χ4n) is 6.85. The van der Waals surface area contributed by atoms with Crippen molar-refractivity contribution in [1.29, 1.82) is 0 Å². The Hall–Kier alpha value is -1.48. The van der Waals surface area contributed by atoms with E-state index in [1.54, 1.807) is 13.4 Å². The molecule has 2 N–H and O–H groups in total. The number of ether oxygens (including phenoxy) is 3. The summed E-state index contributed by atoms with van der Waals surface area (Å²) in [6, 6.07) is 0. The van der Waals surface area contributed by atoms with Crippen LogP contribution >= 0.6 is 11.6 Å². The van der Waals surface area contributed by atoms with E-state index in [1.807, 2.05) is 4.57 Å². The van der Waals surface area contributed by atoms with Crippen molar-refractivity contribution in [3.05, 3.63) is 11.5 Å². The number of imidazole rings is 1. The summed E-state index contributed by atoms with van der Waals surface area (Å²) in [5.74, 6) is 4.38. The number of hydrogen-bond donors (Lipinski definition) is 1. The van der Waals surface area contributed by atoms with E-state index < -0.39 is 0 Å². The Bertz CT molecular complexity index is 970. The van der Waals surface area contributed by atoms with Crippen LogP contribution in [0.1, 0.15) is 59.6 Å². The monoisotopic (exact) mass is 477 g/mol. The highest BCUT2D eigenvalue weighted by atomic mass is 35.5. The van der Waals surface area contributed by atoms with Gasteiger partial charge in [-0.15, -0.1) is 0 Å². The van der Waals surface area contributed by atoms with Crippen molar-refractivity contribution in [2.45, 2.75) is 78.1 Å². The zero-order valence-corrected chi connectivity index (χ0v) is 20.9. The van der Waals surface area contributed by atoms with Gasteiger partial charge in [0, 0.05) is 13.5 Å². The summed E-state index contributed by atoms with van der Waals surface area (Å²) < 4.78 is 19.2.